The minimum Gasteiger partial charge on any atom is -0.508 e. The molecule has 1 amide bonds. The van der Waals surface area contributed by atoms with E-state index in [0.717, 1.165) is 0 Å². The molecule has 0 bridgehead atoms. The van der Waals surface area contributed by atoms with Gasteiger partial charge in [-0.3, -0.25) is 9.59 Å². The Hall–Kier alpha value is -2.53. The monoisotopic (exact) mass is 387 g/mol. The van der Waals surface area contributed by atoms with Gasteiger partial charge in [-0.2, -0.15) is 0 Å². The van der Waals surface area contributed by atoms with Crippen LogP contribution in [0.2, 0.25) is 5.02 Å². The smallest absolute Gasteiger partial charge is 0.263 e. The number of likely N-dealkylation sites (tertiary alicyclic amines) is 1. The number of hydrogen-bond donors (Lipinski definition) is 1. The summed E-state index contributed by atoms with van der Waals surface area (Å²) in [7, 11) is 0. The first-order chi connectivity index (χ1) is 12.9. The van der Waals surface area contributed by atoms with Crippen molar-refractivity contribution < 1.29 is 19.4 Å². The van der Waals surface area contributed by atoms with Crippen molar-refractivity contribution in [1.29, 1.82) is 0 Å². The van der Waals surface area contributed by atoms with Gasteiger partial charge in [0.15, 0.2) is 11.9 Å². The predicted molar refractivity (Wildman–Crippen MR) is 103 cm³/mol. The highest BCUT2D eigenvalue weighted by atomic mass is 35.5. The number of ether oxygens (including phenoxy) is 1. The Morgan fingerprint density at radius 2 is 1.67 bits per heavy atom. The molecule has 6 heteroatoms. The summed E-state index contributed by atoms with van der Waals surface area (Å²) in [6, 6.07) is 13.2. The van der Waals surface area contributed by atoms with Gasteiger partial charge in [0, 0.05) is 29.6 Å². The quantitative estimate of drug-likeness (QED) is 0.789. The Morgan fingerprint density at radius 3 is 2.26 bits per heavy atom. The van der Waals surface area contributed by atoms with Crippen LogP contribution in [0.3, 0.4) is 0 Å². The first-order valence-electron chi connectivity index (χ1n) is 8.98. The molecule has 2 aromatic carbocycles. The van der Waals surface area contributed by atoms with Crippen LogP contribution >= 0.6 is 11.6 Å². The lowest BCUT2D eigenvalue weighted by molar-refractivity contribution is -0.139. The molecule has 1 heterocycles. The first-order valence-corrected chi connectivity index (χ1v) is 9.36. The molecule has 0 aliphatic carbocycles. The van der Waals surface area contributed by atoms with Crippen LogP contribution in [-0.4, -0.2) is 40.9 Å². The molecule has 5 nitrogen and oxygen atoms in total. The van der Waals surface area contributed by atoms with Gasteiger partial charge in [0.05, 0.1) is 0 Å². The van der Waals surface area contributed by atoms with Gasteiger partial charge in [-0.05, 0) is 68.3 Å². The molecule has 1 N–H and O–H groups in total. The lowest BCUT2D eigenvalue weighted by Crippen LogP contribution is -2.45. The fraction of sp³-hybridized carbons (Fsp3) is 0.333. The average molecular weight is 388 g/mol. The van der Waals surface area contributed by atoms with Crippen molar-refractivity contribution in [3.8, 4) is 11.5 Å². The number of benzene rings is 2. The molecule has 1 unspecified atom stereocenters. The molecular weight excluding hydrogens is 366 g/mol. The molecule has 1 saturated heterocycles. The zero-order chi connectivity index (χ0) is 19.4. The average Bonchev–Trinajstić information content (AvgIpc) is 2.69. The van der Waals surface area contributed by atoms with Gasteiger partial charge in [0.2, 0.25) is 0 Å². The third-order valence-electron chi connectivity index (χ3n) is 4.80. The lowest BCUT2D eigenvalue weighted by Gasteiger charge is -2.33. The normalized spacial score (nSPS) is 16.0. The predicted octanol–water partition coefficient (Wildman–Crippen LogP) is 3.93. The number of aromatic hydroxyl groups is 1. The third-order valence-corrected chi connectivity index (χ3v) is 5.06. The van der Waals surface area contributed by atoms with E-state index in [9.17, 15) is 14.7 Å². The van der Waals surface area contributed by atoms with Gasteiger partial charge < -0.3 is 14.7 Å². The number of hydrogen-bond acceptors (Lipinski definition) is 4. The molecular formula is C21H22ClNO4. The van der Waals surface area contributed by atoms with Crippen LogP contribution in [0.4, 0.5) is 0 Å². The van der Waals surface area contributed by atoms with Gasteiger partial charge in [0.1, 0.15) is 11.5 Å². The summed E-state index contributed by atoms with van der Waals surface area (Å²) >= 11 is 5.85. The second-order valence-electron chi connectivity index (χ2n) is 6.72. The number of rotatable bonds is 5. The number of Topliss-reactive ketones (excluding diaryl/α,β-unsaturated/α-hetero) is 1. The van der Waals surface area contributed by atoms with Gasteiger partial charge in [-0.25, -0.2) is 0 Å². The molecule has 1 atom stereocenters. The van der Waals surface area contributed by atoms with E-state index in [2.05, 4.69) is 0 Å². The van der Waals surface area contributed by atoms with E-state index in [-0.39, 0.29) is 23.4 Å². The number of carbonyl (C=O) groups is 2. The van der Waals surface area contributed by atoms with E-state index in [0.29, 0.717) is 42.3 Å². The van der Waals surface area contributed by atoms with Crippen molar-refractivity contribution in [2.45, 2.75) is 25.9 Å². The van der Waals surface area contributed by atoms with Crippen molar-refractivity contribution in [2.75, 3.05) is 13.1 Å². The molecule has 142 valence electrons. The zero-order valence-electron chi connectivity index (χ0n) is 15.1. The van der Waals surface area contributed by atoms with Crippen LogP contribution in [0.25, 0.3) is 0 Å². The molecule has 0 spiro atoms. The highest BCUT2D eigenvalue weighted by Gasteiger charge is 2.30. The van der Waals surface area contributed by atoms with Crippen molar-refractivity contribution >= 4 is 23.3 Å². The number of phenols is 1. The van der Waals surface area contributed by atoms with Gasteiger partial charge in [-0.1, -0.05) is 11.6 Å². The van der Waals surface area contributed by atoms with E-state index >= 15 is 0 Å². The van der Waals surface area contributed by atoms with Gasteiger partial charge in [-0.15, -0.1) is 0 Å². The number of amides is 1. The minimum absolute atomic E-state index is 0.0626. The van der Waals surface area contributed by atoms with Crippen LogP contribution in [-0.2, 0) is 4.79 Å². The molecule has 1 fully saturated rings. The lowest BCUT2D eigenvalue weighted by atomic mass is 9.88. The van der Waals surface area contributed by atoms with Crippen molar-refractivity contribution in [1.82, 2.24) is 4.90 Å². The summed E-state index contributed by atoms with van der Waals surface area (Å²) in [5.74, 6) is 0.610. The number of piperidine rings is 1. The topological polar surface area (TPSA) is 66.8 Å². The van der Waals surface area contributed by atoms with Crippen molar-refractivity contribution in [3.05, 3.63) is 59.1 Å². The van der Waals surface area contributed by atoms with Crippen molar-refractivity contribution in [2.24, 2.45) is 5.92 Å². The fourth-order valence-electron chi connectivity index (χ4n) is 3.25. The fourth-order valence-corrected chi connectivity index (χ4v) is 3.37. The number of carbonyl (C=O) groups excluding carboxylic acids is 2. The summed E-state index contributed by atoms with van der Waals surface area (Å²) < 4.78 is 5.70. The molecule has 1 aliphatic heterocycles. The van der Waals surface area contributed by atoms with Crippen molar-refractivity contribution in [3.63, 3.8) is 0 Å². The first kappa shape index (κ1) is 19.2. The highest BCUT2D eigenvalue weighted by Crippen LogP contribution is 2.24. The summed E-state index contributed by atoms with van der Waals surface area (Å²) in [5, 5.41) is 9.95. The Labute approximate surface area is 163 Å². The number of halogens is 1. The van der Waals surface area contributed by atoms with Crippen LogP contribution < -0.4 is 4.74 Å². The number of ketones is 1. The van der Waals surface area contributed by atoms with E-state index in [1.165, 1.54) is 12.1 Å². The summed E-state index contributed by atoms with van der Waals surface area (Å²) in [6.07, 6.45) is 0.647. The summed E-state index contributed by atoms with van der Waals surface area (Å²) in [6.45, 7) is 2.79. The molecule has 0 aromatic heterocycles. The molecule has 0 saturated carbocycles. The number of phenolic OH excluding ortho intramolecular Hbond substituents is 1. The van der Waals surface area contributed by atoms with Gasteiger partial charge >= 0.3 is 0 Å². The Balaban J connectivity index is 1.53. The van der Waals surface area contributed by atoms with Crippen LogP contribution in [0, 0.1) is 5.92 Å². The van der Waals surface area contributed by atoms with E-state index in [4.69, 9.17) is 16.3 Å². The maximum absolute atomic E-state index is 12.6. The van der Waals surface area contributed by atoms with E-state index in [1.54, 1.807) is 48.2 Å². The Bertz CT molecular complexity index is 796. The maximum atomic E-state index is 12.6. The second kappa shape index (κ2) is 8.44. The zero-order valence-corrected chi connectivity index (χ0v) is 15.9. The summed E-state index contributed by atoms with van der Waals surface area (Å²) in [5.41, 5.74) is 0.594. The molecule has 0 radical (unpaired) electrons. The Morgan fingerprint density at radius 1 is 1.07 bits per heavy atom. The maximum Gasteiger partial charge on any atom is 0.263 e. The standard InChI is InChI=1S/C21H22ClNO4/c1-14(27-19-8-4-17(22)5-9-19)21(26)23-12-10-16(11-13-23)20(25)15-2-6-18(24)7-3-15/h2-9,14,16,24H,10-13H2,1H3. The Kier molecular flexibility index (Phi) is 6.01. The van der Waals surface area contributed by atoms with Crippen LogP contribution in [0.5, 0.6) is 11.5 Å². The van der Waals surface area contributed by atoms with E-state index < -0.39 is 6.10 Å². The van der Waals surface area contributed by atoms with Crippen LogP contribution in [0.15, 0.2) is 48.5 Å². The highest BCUT2D eigenvalue weighted by molar-refractivity contribution is 6.30. The molecule has 27 heavy (non-hydrogen) atoms. The molecule has 3 rings (SSSR count). The SMILES string of the molecule is CC(Oc1ccc(Cl)cc1)C(=O)N1CCC(C(=O)c2ccc(O)cc2)CC1. The van der Waals surface area contributed by atoms with E-state index in [1.807, 2.05) is 0 Å². The number of nitrogens with zero attached hydrogens (tertiary/aromatic N) is 1. The summed E-state index contributed by atoms with van der Waals surface area (Å²) in [4.78, 5) is 26.9. The minimum atomic E-state index is -0.601. The molecule has 2 aromatic rings. The second-order valence-corrected chi connectivity index (χ2v) is 7.16. The molecule has 1 aliphatic rings. The van der Waals surface area contributed by atoms with Gasteiger partial charge in [0.25, 0.3) is 5.91 Å². The largest absolute Gasteiger partial charge is 0.508 e. The van der Waals surface area contributed by atoms with Crippen LogP contribution in [0.1, 0.15) is 30.1 Å². The third kappa shape index (κ3) is 4.80.